The van der Waals surface area contributed by atoms with Crippen LogP contribution in [0.5, 0.6) is 0 Å². The largest absolute Gasteiger partial charge is 0.480 e. The smallest absolute Gasteiger partial charge is 0.320 e. The predicted molar refractivity (Wildman–Crippen MR) is 38.6 cm³/mol. The first-order valence-corrected chi connectivity index (χ1v) is 4.05. The molecule has 5 heteroatoms. The zero-order chi connectivity index (χ0) is 7.28. The van der Waals surface area contributed by atoms with Crippen LogP contribution in [0.1, 0.15) is 6.42 Å². The third-order valence-electron chi connectivity index (χ3n) is 0.950. The molecular formula is C5H11HgNO2S. The fourth-order valence-corrected chi connectivity index (χ4v) is 0.858. The molecule has 1 atom stereocenters. The summed E-state index contributed by atoms with van der Waals surface area (Å²) in [5, 5.41) is 8.27. The monoisotopic (exact) mass is 351 g/mol. The molecule has 0 aliphatic carbocycles. The van der Waals surface area contributed by atoms with E-state index >= 15 is 0 Å². The number of carboxylic acids is 1. The topological polar surface area (TPSA) is 63.3 Å². The summed E-state index contributed by atoms with van der Waals surface area (Å²) in [4.78, 5) is 10.1. The van der Waals surface area contributed by atoms with Crippen LogP contribution in [0.25, 0.3) is 0 Å². The normalized spacial score (nSPS) is 11.8. The quantitative estimate of drug-likeness (QED) is 0.709. The molecule has 3 N–H and O–H groups in total. The standard InChI is InChI=1S/C5H11NO2S.Hg/c1-9-3-2-4(6)5(7)8;/h4H,2-3,6H2,1H3,(H,7,8);/t4-;/m0./s1. The van der Waals surface area contributed by atoms with Crippen molar-refractivity contribution in [1.82, 2.24) is 0 Å². The fourth-order valence-electron chi connectivity index (χ4n) is 0.368. The van der Waals surface area contributed by atoms with Gasteiger partial charge in [0.1, 0.15) is 6.04 Å². The number of nitrogens with two attached hydrogens (primary N) is 1. The maximum absolute atomic E-state index is 10.1. The van der Waals surface area contributed by atoms with Crippen LogP contribution in [0.2, 0.25) is 0 Å². The SMILES string of the molecule is CSCC[C@H](N)C(=O)O.[Hg]. The summed E-state index contributed by atoms with van der Waals surface area (Å²) in [5.74, 6) is -0.1000. The van der Waals surface area contributed by atoms with E-state index in [-0.39, 0.29) is 27.7 Å². The van der Waals surface area contributed by atoms with Gasteiger partial charge in [-0.25, -0.2) is 0 Å². The molecule has 0 saturated carbocycles. The maximum Gasteiger partial charge on any atom is 0.320 e. The van der Waals surface area contributed by atoms with E-state index in [1.165, 1.54) is 0 Å². The molecule has 0 aromatic heterocycles. The maximum atomic E-state index is 10.1. The van der Waals surface area contributed by atoms with Crippen LogP contribution in [-0.4, -0.2) is 29.1 Å². The number of aliphatic carboxylic acids is 1. The number of rotatable bonds is 4. The first-order valence-electron chi connectivity index (χ1n) is 2.65. The van der Waals surface area contributed by atoms with Crippen molar-refractivity contribution in [2.24, 2.45) is 5.73 Å². The number of hydrogen-bond donors (Lipinski definition) is 2. The van der Waals surface area contributed by atoms with Gasteiger partial charge in [-0.2, -0.15) is 11.8 Å². The number of hydrogen-bond acceptors (Lipinski definition) is 3. The van der Waals surface area contributed by atoms with Crippen molar-refractivity contribution in [1.29, 1.82) is 0 Å². The molecule has 0 heterocycles. The molecule has 0 saturated heterocycles. The summed E-state index contributed by atoms with van der Waals surface area (Å²) in [5.41, 5.74) is 5.19. The molecule has 0 rings (SSSR count). The molecule has 0 aliphatic rings. The molecule has 10 heavy (non-hydrogen) atoms. The Kier molecular flexibility index (Phi) is 10.4. The Morgan fingerprint density at radius 1 is 1.80 bits per heavy atom. The second-order valence-electron chi connectivity index (χ2n) is 1.73. The summed E-state index contributed by atoms with van der Waals surface area (Å²) >= 11 is 1.60. The Morgan fingerprint density at radius 2 is 2.30 bits per heavy atom. The van der Waals surface area contributed by atoms with Crippen molar-refractivity contribution < 1.29 is 37.6 Å². The summed E-state index contributed by atoms with van der Waals surface area (Å²) in [6.07, 6.45) is 2.48. The number of thioether (sulfide) groups is 1. The van der Waals surface area contributed by atoms with Gasteiger partial charge in [0.2, 0.25) is 0 Å². The van der Waals surface area contributed by atoms with E-state index in [1.807, 2.05) is 6.26 Å². The Bertz CT molecular complexity index is 102. The molecule has 3 nitrogen and oxygen atoms in total. The molecule has 0 unspecified atom stereocenters. The minimum absolute atomic E-state index is 0. The minimum Gasteiger partial charge on any atom is -0.480 e. The first kappa shape index (κ1) is 13.3. The van der Waals surface area contributed by atoms with E-state index in [0.717, 1.165) is 5.75 Å². The zero-order valence-corrected chi connectivity index (χ0v) is 12.4. The molecule has 0 spiro atoms. The summed E-state index contributed by atoms with van der Waals surface area (Å²) in [7, 11) is 0. The van der Waals surface area contributed by atoms with Gasteiger partial charge in [-0.3, -0.25) is 4.79 Å². The third-order valence-corrected chi connectivity index (χ3v) is 1.59. The van der Waals surface area contributed by atoms with E-state index in [4.69, 9.17) is 10.8 Å². The van der Waals surface area contributed by atoms with Crippen molar-refractivity contribution in [3.8, 4) is 0 Å². The van der Waals surface area contributed by atoms with Gasteiger partial charge in [-0.05, 0) is 18.4 Å². The molecule has 0 radical (unpaired) electrons. The van der Waals surface area contributed by atoms with E-state index in [9.17, 15) is 4.79 Å². The molecule has 0 bridgehead atoms. The molecule has 0 aliphatic heterocycles. The molecule has 0 aromatic carbocycles. The summed E-state index contributed by atoms with van der Waals surface area (Å²) < 4.78 is 0. The average Bonchev–Trinajstić information content (AvgIpc) is 1.82. The number of carbonyl (C=O) groups is 1. The fraction of sp³-hybridized carbons (Fsp3) is 0.800. The first-order chi connectivity index (χ1) is 4.18. The second kappa shape index (κ2) is 7.82. The van der Waals surface area contributed by atoms with Gasteiger partial charge in [0.05, 0.1) is 0 Å². The van der Waals surface area contributed by atoms with Gasteiger partial charge in [-0.1, -0.05) is 0 Å². The van der Waals surface area contributed by atoms with E-state index in [0.29, 0.717) is 6.42 Å². The molecule has 0 fully saturated rings. The van der Waals surface area contributed by atoms with Crippen LogP contribution in [0.4, 0.5) is 0 Å². The predicted octanol–water partition coefficient (Wildman–Crippen LogP) is 0.149. The van der Waals surface area contributed by atoms with Crippen LogP contribution < -0.4 is 5.73 Å². The van der Waals surface area contributed by atoms with Crippen molar-refractivity contribution in [2.75, 3.05) is 12.0 Å². The van der Waals surface area contributed by atoms with Crippen LogP contribution in [0.15, 0.2) is 0 Å². The average molecular weight is 350 g/mol. The molecule has 56 valence electrons. The Hall–Kier alpha value is 0.715. The number of carboxylic acid groups (broad SMARTS) is 1. The van der Waals surface area contributed by atoms with E-state index < -0.39 is 12.0 Å². The van der Waals surface area contributed by atoms with Crippen molar-refractivity contribution in [3.05, 3.63) is 0 Å². The van der Waals surface area contributed by atoms with Crippen LogP contribution >= 0.6 is 11.8 Å². The molecule has 0 aromatic rings. The van der Waals surface area contributed by atoms with Crippen LogP contribution in [-0.2, 0) is 32.5 Å². The second-order valence-corrected chi connectivity index (χ2v) is 2.71. The van der Waals surface area contributed by atoms with Gasteiger partial charge < -0.3 is 10.8 Å². The summed E-state index contributed by atoms with van der Waals surface area (Å²) in [6, 6.07) is -0.683. The third kappa shape index (κ3) is 6.83. The van der Waals surface area contributed by atoms with Crippen molar-refractivity contribution in [3.63, 3.8) is 0 Å². The van der Waals surface area contributed by atoms with E-state index in [2.05, 4.69) is 0 Å². The summed E-state index contributed by atoms with van der Waals surface area (Å²) in [6.45, 7) is 0. The van der Waals surface area contributed by atoms with Crippen LogP contribution in [0.3, 0.4) is 0 Å². The van der Waals surface area contributed by atoms with Gasteiger partial charge in [0, 0.05) is 27.7 Å². The minimum atomic E-state index is -0.913. The van der Waals surface area contributed by atoms with E-state index in [1.54, 1.807) is 11.8 Å². The Morgan fingerprint density at radius 3 is 2.60 bits per heavy atom. The van der Waals surface area contributed by atoms with Gasteiger partial charge in [-0.15, -0.1) is 0 Å². The van der Waals surface area contributed by atoms with Gasteiger partial charge in [0.15, 0.2) is 0 Å². The molecular weight excluding hydrogens is 339 g/mol. The van der Waals surface area contributed by atoms with Gasteiger partial charge in [0.25, 0.3) is 0 Å². The zero-order valence-electron chi connectivity index (χ0n) is 6.04. The van der Waals surface area contributed by atoms with Gasteiger partial charge >= 0.3 is 5.97 Å². The van der Waals surface area contributed by atoms with Crippen LogP contribution in [0, 0.1) is 0 Å². The van der Waals surface area contributed by atoms with Crippen molar-refractivity contribution in [2.45, 2.75) is 12.5 Å². The van der Waals surface area contributed by atoms with Crippen molar-refractivity contribution >= 4 is 17.7 Å². The Balaban J connectivity index is 0. The Labute approximate surface area is 85.2 Å². The molecule has 0 amide bonds.